The summed E-state index contributed by atoms with van der Waals surface area (Å²) >= 11 is 0. The number of halogens is 1. The molecule has 2 heterocycles. The van der Waals surface area contributed by atoms with Crippen molar-refractivity contribution in [2.75, 3.05) is 18.5 Å². The fourth-order valence-electron chi connectivity index (χ4n) is 2.59. The van der Waals surface area contributed by atoms with E-state index in [0.29, 0.717) is 6.54 Å². The van der Waals surface area contributed by atoms with Crippen molar-refractivity contribution in [1.82, 2.24) is 4.57 Å². The lowest BCUT2D eigenvalue weighted by Crippen LogP contribution is -2.32. The molecule has 1 saturated heterocycles. The van der Waals surface area contributed by atoms with Crippen LogP contribution >= 0.6 is 0 Å². The summed E-state index contributed by atoms with van der Waals surface area (Å²) in [6.45, 7) is 2.25. The largest absolute Gasteiger partial charge is 0.434 e. The van der Waals surface area contributed by atoms with Crippen LogP contribution in [0.1, 0.15) is 6.92 Å². The number of cyclic esters (lactones) is 1. The van der Waals surface area contributed by atoms with Gasteiger partial charge in [0.2, 0.25) is 0 Å². The quantitative estimate of drug-likeness (QED) is 0.900. The first-order valence-electron chi connectivity index (χ1n) is 6.99. The lowest BCUT2D eigenvalue weighted by molar-refractivity contribution is -0.124. The topological polar surface area (TPSA) is 103 Å². The third-order valence-electron chi connectivity index (χ3n) is 3.66. The van der Waals surface area contributed by atoms with Gasteiger partial charge in [-0.3, -0.25) is 14.3 Å². The van der Waals surface area contributed by atoms with Crippen molar-refractivity contribution >= 4 is 28.8 Å². The molecule has 2 amide bonds. The van der Waals surface area contributed by atoms with Crippen molar-refractivity contribution in [3.63, 3.8) is 0 Å². The molecule has 1 aliphatic heterocycles. The number of aryl methyl sites for hydroxylation is 1. The van der Waals surface area contributed by atoms with Crippen molar-refractivity contribution in [3.05, 3.63) is 23.6 Å². The number of nitrogens with zero attached hydrogens (tertiary/aromatic N) is 3. The number of carbonyl (C=O) groups excluding carboxylic acids is 2. The van der Waals surface area contributed by atoms with Gasteiger partial charge in [-0.1, -0.05) is 0 Å². The normalized spacial score (nSPS) is 18.7. The number of carbonyl (C=O) groups is 2. The Hall–Kier alpha value is -2.84. The first kappa shape index (κ1) is 15.1. The van der Waals surface area contributed by atoms with Crippen LogP contribution in [0, 0.1) is 5.82 Å². The van der Waals surface area contributed by atoms with Gasteiger partial charge in [-0.2, -0.15) is 0 Å². The van der Waals surface area contributed by atoms with Crippen LogP contribution in [0.3, 0.4) is 0 Å². The third kappa shape index (κ3) is 2.33. The zero-order valence-corrected chi connectivity index (χ0v) is 12.6. The maximum absolute atomic E-state index is 14.5. The number of benzene rings is 1. The van der Waals surface area contributed by atoms with E-state index < -0.39 is 23.9 Å². The second-order valence-corrected chi connectivity index (χ2v) is 5.01. The molecule has 1 aromatic carbocycles. The number of nitrogens with two attached hydrogens (primary N) is 1. The number of oxazole rings is 1. The van der Waals surface area contributed by atoms with Gasteiger partial charge < -0.3 is 14.9 Å². The van der Waals surface area contributed by atoms with Gasteiger partial charge in [-0.05, 0) is 6.92 Å². The summed E-state index contributed by atoms with van der Waals surface area (Å²) in [5.74, 6) is -1.32. The molecule has 2 aromatic rings. The Bertz CT molecular complexity index is 870. The molecular formula is C14H15FN4O4. The van der Waals surface area contributed by atoms with Crippen molar-refractivity contribution < 1.29 is 23.1 Å². The Kier molecular flexibility index (Phi) is 3.55. The minimum atomic E-state index is -1.06. The van der Waals surface area contributed by atoms with Gasteiger partial charge in [-0.25, -0.2) is 14.2 Å². The van der Waals surface area contributed by atoms with Crippen LogP contribution in [0.4, 0.5) is 14.9 Å². The molecule has 0 bridgehead atoms. The van der Waals surface area contributed by atoms with E-state index >= 15 is 0 Å². The number of hydrogen-bond donors (Lipinski definition) is 1. The van der Waals surface area contributed by atoms with Gasteiger partial charge in [0.1, 0.15) is 5.52 Å². The molecule has 8 nitrogen and oxygen atoms in total. The first-order valence-corrected chi connectivity index (χ1v) is 6.99. The predicted octanol–water partition coefficient (Wildman–Crippen LogP) is 0.734. The van der Waals surface area contributed by atoms with Gasteiger partial charge in [-0.15, -0.1) is 0 Å². The summed E-state index contributed by atoms with van der Waals surface area (Å²) in [5.41, 5.74) is 6.14. The molecule has 0 unspecified atom stereocenters. The molecule has 1 aliphatic rings. The number of anilines is 1. The zero-order chi connectivity index (χ0) is 16.7. The van der Waals surface area contributed by atoms with Gasteiger partial charge in [0.05, 0.1) is 12.2 Å². The van der Waals surface area contributed by atoms with Gasteiger partial charge in [0.15, 0.2) is 17.5 Å². The number of hydrogen-bond acceptors (Lipinski definition) is 5. The fourth-order valence-corrected chi connectivity index (χ4v) is 2.59. The van der Waals surface area contributed by atoms with Crippen molar-refractivity contribution in [2.24, 2.45) is 10.7 Å². The molecule has 9 heteroatoms. The van der Waals surface area contributed by atoms with Crippen LogP contribution in [-0.4, -0.2) is 36.3 Å². The smallest absolute Gasteiger partial charge is 0.415 e. The summed E-state index contributed by atoms with van der Waals surface area (Å²) in [4.78, 5) is 28.1. The highest BCUT2D eigenvalue weighted by molar-refractivity contribution is 5.96. The van der Waals surface area contributed by atoms with Gasteiger partial charge >= 0.3 is 6.09 Å². The highest BCUT2D eigenvalue weighted by Gasteiger charge is 2.36. The Balaban J connectivity index is 2.11. The number of ether oxygens (including phenoxy) is 1. The van der Waals surface area contributed by atoms with Crippen LogP contribution in [-0.2, 0) is 16.1 Å². The number of rotatable bonds is 3. The molecular weight excluding hydrogens is 307 g/mol. The molecule has 0 saturated carbocycles. The molecule has 3 rings (SSSR count). The Morgan fingerprint density at radius 3 is 2.83 bits per heavy atom. The Morgan fingerprint density at radius 2 is 2.26 bits per heavy atom. The van der Waals surface area contributed by atoms with Crippen LogP contribution in [0.25, 0.3) is 11.1 Å². The minimum Gasteiger partial charge on any atom is -0.434 e. The Morgan fingerprint density at radius 1 is 1.52 bits per heavy atom. The SMILES string of the molecule is CCn1c(=NC)oc2cc(N3C[C@H](C(N)=O)OC3=O)cc(F)c21. The van der Waals surface area contributed by atoms with E-state index in [2.05, 4.69) is 4.99 Å². The van der Waals surface area contributed by atoms with Crippen LogP contribution < -0.4 is 16.3 Å². The molecule has 0 radical (unpaired) electrons. The second-order valence-electron chi connectivity index (χ2n) is 5.01. The van der Waals surface area contributed by atoms with Gasteiger partial charge in [0, 0.05) is 25.7 Å². The van der Waals surface area contributed by atoms with Crippen molar-refractivity contribution in [2.45, 2.75) is 19.6 Å². The number of primary amides is 1. The van der Waals surface area contributed by atoms with E-state index in [9.17, 15) is 14.0 Å². The van der Waals surface area contributed by atoms with E-state index in [1.165, 1.54) is 19.2 Å². The van der Waals surface area contributed by atoms with E-state index in [-0.39, 0.29) is 29.0 Å². The third-order valence-corrected chi connectivity index (χ3v) is 3.66. The molecule has 23 heavy (non-hydrogen) atoms. The van der Waals surface area contributed by atoms with Crippen LogP contribution in [0.5, 0.6) is 0 Å². The zero-order valence-electron chi connectivity index (χ0n) is 12.6. The lowest BCUT2D eigenvalue weighted by Gasteiger charge is -2.12. The second kappa shape index (κ2) is 5.41. The summed E-state index contributed by atoms with van der Waals surface area (Å²) in [7, 11) is 1.54. The average molecular weight is 322 g/mol. The fraction of sp³-hybridized carbons (Fsp3) is 0.357. The molecule has 2 N–H and O–H groups in total. The van der Waals surface area contributed by atoms with E-state index in [1.54, 1.807) is 4.57 Å². The molecule has 1 fully saturated rings. The first-order chi connectivity index (χ1) is 11.0. The monoisotopic (exact) mass is 322 g/mol. The molecule has 122 valence electrons. The molecule has 0 spiro atoms. The minimum absolute atomic E-state index is 0.0708. The Labute approximate surface area is 129 Å². The predicted molar refractivity (Wildman–Crippen MR) is 78.1 cm³/mol. The highest BCUT2D eigenvalue weighted by atomic mass is 19.1. The molecule has 0 aliphatic carbocycles. The van der Waals surface area contributed by atoms with Crippen molar-refractivity contribution in [1.29, 1.82) is 0 Å². The number of amides is 2. The maximum Gasteiger partial charge on any atom is 0.415 e. The summed E-state index contributed by atoms with van der Waals surface area (Å²) in [5, 5.41) is 0. The maximum atomic E-state index is 14.5. The molecule has 1 aromatic heterocycles. The van der Waals surface area contributed by atoms with Gasteiger partial charge in [0.25, 0.3) is 11.6 Å². The lowest BCUT2D eigenvalue weighted by atomic mass is 10.2. The summed E-state index contributed by atoms with van der Waals surface area (Å²) in [6.07, 6.45) is -1.82. The van der Waals surface area contributed by atoms with E-state index in [0.717, 1.165) is 4.90 Å². The van der Waals surface area contributed by atoms with E-state index in [1.807, 2.05) is 6.92 Å². The number of aromatic nitrogens is 1. The van der Waals surface area contributed by atoms with Crippen LogP contribution in [0.2, 0.25) is 0 Å². The average Bonchev–Trinajstić information content (AvgIpc) is 3.07. The van der Waals surface area contributed by atoms with Crippen molar-refractivity contribution in [3.8, 4) is 0 Å². The van der Waals surface area contributed by atoms with Crippen LogP contribution in [0.15, 0.2) is 21.5 Å². The highest BCUT2D eigenvalue weighted by Crippen LogP contribution is 2.28. The molecule has 1 atom stereocenters. The van der Waals surface area contributed by atoms with E-state index in [4.69, 9.17) is 14.9 Å². The summed E-state index contributed by atoms with van der Waals surface area (Å²) < 4.78 is 26.4. The summed E-state index contributed by atoms with van der Waals surface area (Å²) in [6, 6.07) is 2.69. The number of fused-ring (bicyclic) bond motifs is 1. The standard InChI is InChI=1S/C14H15FN4O4/c1-3-18-11-8(15)4-7(5-9(11)22-13(18)17-2)19-6-10(12(16)20)23-14(19)21/h4-5,10H,3,6H2,1-2H3,(H2,16,20)/t10-/m1/s1.